The molecule has 1 rings (SSSR count). The van der Waals surface area contributed by atoms with Crippen molar-refractivity contribution in [2.24, 2.45) is 0 Å². The predicted molar refractivity (Wildman–Crippen MR) is 59.0 cm³/mol. The number of hydrogen-bond acceptors (Lipinski definition) is 4. The van der Waals surface area contributed by atoms with Gasteiger partial charge in [-0.1, -0.05) is 17.7 Å². The van der Waals surface area contributed by atoms with Crippen molar-refractivity contribution in [1.82, 2.24) is 0 Å². The van der Waals surface area contributed by atoms with Gasteiger partial charge in [0.05, 0.1) is 4.90 Å². The van der Waals surface area contributed by atoms with Gasteiger partial charge in [-0.3, -0.25) is 4.55 Å². The Labute approximate surface area is 88.1 Å². The van der Waals surface area contributed by atoms with Crippen LogP contribution < -0.4 is 0 Å². The fraction of sp³-hybridized carbons (Fsp3) is 0.143. The molecule has 13 heavy (non-hydrogen) atoms. The second kappa shape index (κ2) is 5.54. The summed E-state index contributed by atoms with van der Waals surface area (Å²) in [5.74, 6) is 0. The lowest BCUT2D eigenvalue weighted by Gasteiger charge is -1.95. The lowest BCUT2D eigenvalue weighted by molar-refractivity contribution is 0.483. The van der Waals surface area contributed by atoms with Crippen LogP contribution in [0.1, 0.15) is 5.56 Å². The Morgan fingerprint density at radius 1 is 1.15 bits per heavy atom. The monoisotopic (exact) mass is 238 g/mol. The van der Waals surface area contributed by atoms with Crippen LogP contribution in [0.15, 0.2) is 29.2 Å². The molecule has 0 radical (unpaired) electrons. The molecule has 1 aromatic carbocycles. The fourth-order valence-corrected chi connectivity index (χ4v) is 1.19. The highest BCUT2D eigenvalue weighted by molar-refractivity contribution is 8.59. The highest BCUT2D eigenvalue weighted by Crippen LogP contribution is 2.08. The zero-order valence-corrected chi connectivity index (χ0v) is 9.48. The van der Waals surface area contributed by atoms with Crippen LogP contribution in [0.3, 0.4) is 0 Å². The summed E-state index contributed by atoms with van der Waals surface area (Å²) in [7, 11) is -4.02. The van der Waals surface area contributed by atoms with E-state index < -0.39 is 10.1 Å². The van der Waals surface area contributed by atoms with Gasteiger partial charge in [-0.2, -0.15) is 8.42 Å². The van der Waals surface area contributed by atoms with Gasteiger partial charge in [-0.25, -0.2) is 0 Å². The topological polar surface area (TPSA) is 54.4 Å². The first-order valence-corrected chi connectivity index (χ1v) is 6.28. The second-order valence-electron chi connectivity index (χ2n) is 2.29. The molecule has 0 aliphatic carbocycles. The quantitative estimate of drug-likeness (QED) is 0.398. The molecule has 0 saturated heterocycles. The van der Waals surface area contributed by atoms with Crippen molar-refractivity contribution in [2.45, 2.75) is 11.8 Å². The van der Waals surface area contributed by atoms with Crippen molar-refractivity contribution in [3.63, 3.8) is 0 Å². The average Bonchev–Trinajstić information content (AvgIpc) is 2.07. The van der Waals surface area contributed by atoms with E-state index in [9.17, 15) is 8.42 Å². The Balaban J connectivity index is 0.000000671. The summed E-state index contributed by atoms with van der Waals surface area (Å²) in [5.41, 5.74) is 0.956. The highest BCUT2D eigenvalue weighted by atomic mass is 33.1. The maximum absolute atomic E-state index is 10.5. The van der Waals surface area contributed by atoms with Crippen LogP contribution in [-0.4, -0.2) is 13.0 Å². The summed E-state index contributed by atoms with van der Waals surface area (Å²) < 4.78 is 29.6. The van der Waals surface area contributed by atoms with E-state index >= 15 is 0 Å². The molecule has 0 unspecified atom stereocenters. The molecule has 0 aliphatic rings. The van der Waals surface area contributed by atoms with E-state index in [-0.39, 0.29) is 4.90 Å². The van der Waals surface area contributed by atoms with E-state index in [1.165, 1.54) is 12.1 Å². The van der Waals surface area contributed by atoms with Crippen LogP contribution in [0.25, 0.3) is 0 Å². The molecule has 0 aliphatic heterocycles. The summed E-state index contributed by atoms with van der Waals surface area (Å²) in [5, 5.41) is 0. The molecule has 1 aromatic rings. The van der Waals surface area contributed by atoms with Crippen molar-refractivity contribution < 1.29 is 13.0 Å². The van der Waals surface area contributed by atoms with Gasteiger partial charge in [0.2, 0.25) is 0 Å². The summed E-state index contributed by atoms with van der Waals surface area (Å²) >= 11 is 6.44. The SMILES string of the molecule is Cc1ccc(S(=O)(=O)O)cc1.SS. The van der Waals surface area contributed by atoms with Gasteiger partial charge in [-0.05, 0) is 19.1 Å². The molecule has 0 bridgehead atoms. The molecule has 0 spiro atoms. The molecule has 74 valence electrons. The van der Waals surface area contributed by atoms with Gasteiger partial charge in [0.1, 0.15) is 0 Å². The van der Waals surface area contributed by atoms with Crippen LogP contribution in [0.4, 0.5) is 0 Å². The lowest BCUT2D eigenvalue weighted by Crippen LogP contribution is -1.96. The van der Waals surface area contributed by atoms with Crippen LogP contribution in [-0.2, 0) is 10.1 Å². The van der Waals surface area contributed by atoms with Crippen molar-refractivity contribution in [3.05, 3.63) is 29.8 Å². The summed E-state index contributed by atoms with van der Waals surface area (Å²) in [6.07, 6.45) is 0. The third-order valence-corrected chi connectivity index (χ3v) is 2.19. The van der Waals surface area contributed by atoms with Gasteiger partial charge in [0.15, 0.2) is 0 Å². The first kappa shape index (κ1) is 12.8. The Morgan fingerprint density at radius 2 is 1.54 bits per heavy atom. The molecular formula is C7H10O3S3. The molecule has 6 heteroatoms. The number of benzene rings is 1. The highest BCUT2D eigenvalue weighted by Gasteiger charge is 2.06. The Hall–Kier alpha value is -0.170. The number of rotatable bonds is 1. The van der Waals surface area contributed by atoms with Crippen molar-refractivity contribution in [2.75, 3.05) is 0 Å². The molecule has 0 heterocycles. The van der Waals surface area contributed by atoms with Gasteiger partial charge in [-0.15, -0.1) is 23.3 Å². The second-order valence-corrected chi connectivity index (χ2v) is 3.71. The standard InChI is InChI=1S/C7H8O3S.H2S2/c1-6-2-4-7(5-3-6)11(8,9)10;1-2/h2-5H,1H3,(H,8,9,10);1-2H. The molecule has 0 atom stereocenters. The molecule has 1 N–H and O–H groups in total. The number of aryl methyl sites for hydroxylation is 1. The Bertz CT molecular complexity index is 342. The first-order valence-electron chi connectivity index (χ1n) is 3.24. The molecule has 3 nitrogen and oxygen atoms in total. The summed E-state index contributed by atoms with van der Waals surface area (Å²) in [4.78, 5) is -0.0666. The van der Waals surface area contributed by atoms with Gasteiger partial charge in [0.25, 0.3) is 10.1 Å². The predicted octanol–water partition coefficient (Wildman–Crippen LogP) is 2.00. The third kappa shape index (κ3) is 4.56. The average molecular weight is 238 g/mol. The molecule has 0 saturated carbocycles. The van der Waals surface area contributed by atoms with E-state index in [4.69, 9.17) is 4.55 Å². The number of hydrogen-bond donors (Lipinski definition) is 3. The van der Waals surface area contributed by atoms with Crippen LogP contribution in [0.2, 0.25) is 0 Å². The number of thiol groups is 2. The largest absolute Gasteiger partial charge is 0.294 e. The summed E-state index contributed by atoms with van der Waals surface area (Å²) in [6, 6.07) is 5.99. The smallest absolute Gasteiger partial charge is 0.282 e. The normalized spacial score (nSPS) is 10.2. The van der Waals surface area contributed by atoms with E-state index in [0.717, 1.165) is 5.56 Å². The molecule has 0 amide bonds. The molecular weight excluding hydrogens is 228 g/mol. The Kier molecular flexibility index (Phi) is 5.46. The van der Waals surface area contributed by atoms with Gasteiger partial charge < -0.3 is 0 Å². The van der Waals surface area contributed by atoms with Crippen molar-refractivity contribution in [3.8, 4) is 0 Å². The third-order valence-electron chi connectivity index (χ3n) is 1.32. The molecule has 0 fully saturated rings. The Morgan fingerprint density at radius 3 is 1.85 bits per heavy atom. The zero-order chi connectivity index (χ0) is 10.5. The first-order chi connectivity index (χ1) is 6.00. The minimum atomic E-state index is -4.02. The minimum Gasteiger partial charge on any atom is -0.282 e. The van der Waals surface area contributed by atoms with E-state index in [1.54, 1.807) is 12.1 Å². The van der Waals surface area contributed by atoms with Gasteiger partial charge in [0, 0.05) is 0 Å². The van der Waals surface area contributed by atoms with Crippen LogP contribution >= 0.6 is 23.3 Å². The van der Waals surface area contributed by atoms with Gasteiger partial charge >= 0.3 is 0 Å². The minimum absolute atomic E-state index is 0.0666. The van der Waals surface area contributed by atoms with Crippen LogP contribution in [0, 0.1) is 6.92 Å². The van der Waals surface area contributed by atoms with E-state index in [0.29, 0.717) is 0 Å². The maximum Gasteiger partial charge on any atom is 0.294 e. The maximum atomic E-state index is 10.5. The van der Waals surface area contributed by atoms with Crippen LogP contribution in [0.5, 0.6) is 0 Å². The van der Waals surface area contributed by atoms with E-state index in [2.05, 4.69) is 23.3 Å². The fourth-order valence-electron chi connectivity index (χ4n) is 0.710. The van der Waals surface area contributed by atoms with Crippen molar-refractivity contribution in [1.29, 1.82) is 0 Å². The summed E-state index contributed by atoms with van der Waals surface area (Å²) in [6.45, 7) is 1.84. The van der Waals surface area contributed by atoms with Crippen molar-refractivity contribution >= 4 is 33.4 Å². The molecule has 0 aromatic heterocycles. The lowest BCUT2D eigenvalue weighted by atomic mass is 10.2. The zero-order valence-electron chi connectivity index (χ0n) is 6.88. The van der Waals surface area contributed by atoms with E-state index in [1.807, 2.05) is 6.92 Å².